The fourth-order valence-corrected chi connectivity index (χ4v) is 5.06. The Kier molecular flexibility index (Phi) is 16.0. The third-order valence-corrected chi connectivity index (χ3v) is 7.78. The number of hydrogen-bond acceptors (Lipinski definition) is 15. The van der Waals surface area contributed by atoms with Crippen LogP contribution in [0.1, 0.15) is 59.3 Å². The quantitative estimate of drug-likeness (QED) is 0.0896. The molecule has 0 bridgehead atoms. The van der Waals surface area contributed by atoms with E-state index in [0.717, 1.165) is 38.5 Å². The Labute approximate surface area is 258 Å². The maximum Gasteiger partial charge on any atom is 0.229 e. The van der Waals surface area contributed by atoms with Crippen LogP contribution in [0.5, 0.6) is 0 Å². The van der Waals surface area contributed by atoms with E-state index in [1.807, 2.05) is 20.8 Å². The summed E-state index contributed by atoms with van der Waals surface area (Å²) in [6, 6.07) is 0. The first-order valence-electron chi connectivity index (χ1n) is 15.7. The second-order valence-corrected chi connectivity index (χ2v) is 11.2. The molecule has 0 aromatic rings. The van der Waals surface area contributed by atoms with Gasteiger partial charge in [0.05, 0.1) is 19.8 Å². The van der Waals surface area contributed by atoms with Crippen molar-refractivity contribution in [3.05, 3.63) is 12.0 Å². The molecule has 0 aromatic heterocycles. The summed E-state index contributed by atoms with van der Waals surface area (Å²) in [5.41, 5.74) is 0. The van der Waals surface area contributed by atoms with Crippen LogP contribution in [0, 0.1) is 0 Å². The summed E-state index contributed by atoms with van der Waals surface area (Å²) in [4.78, 5) is 0. The Balaban J connectivity index is 1.90. The molecule has 7 N–H and O–H groups in total. The molecule has 0 spiro atoms. The smallest absolute Gasteiger partial charge is 0.229 e. The Morgan fingerprint density at radius 3 is 1.86 bits per heavy atom. The number of aliphatic hydroxyl groups is 7. The van der Waals surface area contributed by atoms with Gasteiger partial charge in [0.15, 0.2) is 24.4 Å². The summed E-state index contributed by atoms with van der Waals surface area (Å²) >= 11 is 0. The predicted octanol–water partition coefficient (Wildman–Crippen LogP) is -0.988. The normalized spacial score (nSPS) is 39.5. The van der Waals surface area contributed by atoms with Gasteiger partial charge < -0.3 is 73.6 Å². The number of rotatable bonds is 18. The maximum atomic E-state index is 11.1. The van der Waals surface area contributed by atoms with E-state index in [2.05, 4.69) is 0 Å². The molecule has 258 valence electrons. The Morgan fingerprint density at radius 1 is 0.636 bits per heavy atom. The average molecular weight is 641 g/mol. The molecule has 3 aliphatic heterocycles. The van der Waals surface area contributed by atoms with E-state index in [9.17, 15) is 35.7 Å². The highest BCUT2D eigenvalue weighted by Gasteiger charge is 2.53. The number of ether oxygens (including phenoxy) is 8. The van der Waals surface area contributed by atoms with Crippen molar-refractivity contribution in [1.82, 2.24) is 0 Å². The van der Waals surface area contributed by atoms with Gasteiger partial charge in [-0.2, -0.15) is 0 Å². The lowest BCUT2D eigenvalue weighted by Crippen LogP contribution is -2.65. The topological polar surface area (TPSA) is 215 Å². The standard InChI is InChI=1S/C29H52O15/c1-4-7-10-37-18-15-40-28(26(39-12-9-6-3)24(18)38-11-8-5-2)44-25-20(33)19(32)16(13-30)42-29(25)43-23-17(14-31)41-27(36)22(35)21(23)34/h15-17,19-36H,4-14H2,1-3H3/t16?,17?,19-,20?,21?,22?,23+,24?,25?,26?,27+,28-,29-/m0/s1. The molecule has 8 unspecified atom stereocenters. The summed E-state index contributed by atoms with van der Waals surface area (Å²) in [6.07, 6.45) is -12.3. The fourth-order valence-electron chi connectivity index (χ4n) is 5.06. The van der Waals surface area contributed by atoms with Gasteiger partial charge in [-0.15, -0.1) is 0 Å². The molecule has 0 saturated carbocycles. The zero-order chi connectivity index (χ0) is 32.2. The minimum absolute atomic E-state index is 0.336. The van der Waals surface area contributed by atoms with Gasteiger partial charge in [0.1, 0.15) is 61.2 Å². The minimum atomic E-state index is -1.79. The van der Waals surface area contributed by atoms with E-state index in [0.29, 0.717) is 25.6 Å². The first-order chi connectivity index (χ1) is 21.2. The monoisotopic (exact) mass is 640 g/mol. The van der Waals surface area contributed by atoms with Gasteiger partial charge in [-0.05, 0) is 19.3 Å². The predicted molar refractivity (Wildman–Crippen MR) is 151 cm³/mol. The molecule has 44 heavy (non-hydrogen) atoms. The van der Waals surface area contributed by atoms with Crippen LogP contribution in [-0.4, -0.2) is 149 Å². The summed E-state index contributed by atoms with van der Waals surface area (Å²) in [5.74, 6) is 0.422. The van der Waals surface area contributed by atoms with Crippen LogP contribution < -0.4 is 0 Å². The van der Waals surface area contributed by atoms with Crippen LogP contribution in [-0.2, 0) is 37.9 Å². The maximum absolute atomic E-state index is 11.1. The lowest BCUT2D eigenvalue weighted by molar-refractivity contribution is -0.375. The lowest BCUT2D eigenvalue weighted by atomic mass is 9.96. The number of aliphatic hydroxyl groups excluding tert-OH is 7. The first kappa shape index (κ1) is 37.3. The molecule has 15 heteroatoms. The lowest BCUT2D eigenvalue weighted by Gasteiger charge is -2.47. The molecule has 3 aliphatic rings. The van der Waals surface area contributed by atoms with Crippen molar-refractivity contribution in [3.8, 4) is 0 Å². The van der Waals surface area contributed by atoms with Crippen molar-refractivity contribution in [3.63, 3.8) is 0 Å². The SMILES string of the molecule is CCCCOC1=CO[C@@H](OC2C(O)[C@@H](O)C(CO)O[C@H]2O[C@@H]2C(CO)O[C@@H](O)C(O)C2O)C(OCCCC)C1OCCCC. The van der Waals surface area contributed by atoms with Gasteiger partial charge in [0, 0.05) is 13.2 Å². The van der Waals surface area contributed by atoms with Crippen LogP contribution >= 0.6 is 0 Å². The highest BCUT2D eigenvalue weighted by Crippen LogP contribution is 2.34. The zero-order valence-electron chi connectivity index (χ0n) is 25.8. The van der Waals surface area contributed by atoms with Crippen molar-refractivity contribution < 1.29 is 73.6 Å². The average Bonchev–Trinajstić information content (AvgIpc) is 3.02. The second kappa shape index (κ2) is 18.8. The van der Waals surface area contributed by atoms with Gasteiger partial charge in [0.25, 0.3) is 0 Å². The van der Waals surface area contributed by atoms with Crippen LogP contribution in [0.2, 0.25) is 0 Å². The molecule has 0 radical (unpaired) electrons. The zero-order valence-corrected chi connectivity index (χ0v) is 25.8. The van der Waals surface area contributed by atoms with Gasteiger partial charge in [0.2, 0.25) is 6.29 Å². The van der Waals surface area contributed by atoms with Crippen molar-refractivity contribution in [2.24, 2.45) is 0 Å². The minimum Gasteiger partial charge on any atom is -0.492 e. The molecule has 2 saturated heterocycles. The van der Waals surface area contributed by atoms with E-state index in [1.54, 1.807) is 0 Å². The molecular weight excluding hydrogens is 588 g/mol. The highest BCUT2D eigenvalue weighted by molar-refractivity contribution is 5.06. The molecule has 2 fully saturated rings. The molecule has 15 nitrogen and oxygen atoms in total. The molecule has 0 aromatic carbocycles. The largest absolute Gasteiger partial charge is 0.492 e. The van der Waals surface area contributed by atoms with Crippen molar-refractivity contribution in [2.75, 3.05) is 33.0 Å². The van der Waals surface area contributed by atoms with Gasteiger partial charge in [-0.25, -0.2) is 0 Å². The van der Waals surface area contributed by atoms with Crippen molar-refractivity contribution >= 4 is 0 Å². The van der Waals surface area contributed by atoms with Gasteiger partial charge >= 0.3 is 0 Å². The fraction of sp³-hybridized carbons (Fsp3) is 0.931. The van der Waals surface area contributed by atoms with Crippen LogP contribution in [0.25, 0.3) is 0 Å². The van der Waals surface area contributed by atoms with Crippen LogP contribution in [0.3, 0.4) is 0 Å². The summed E-state index contributed by atoms with van der Waals surface area (Å²) < 4.78 is 47.3. The summed E-state index contributed by atoms with van der Waals surface area (Å²) in [6.45, 7) is 5.86. The Morgan fingerprint density at radius 2 is 1.23 bits per heavy atom. The molecule has 0 amide bonds. The molecule has 0 aliphatic carbocycles. The van der Waals surface area contributed by atoms with Gasteiger partial charge in [-0.3, -0.25) is 0 Å². The van der Waals surface area contributed by atoms with Gasteiger partial charge in [-0.1, -0.05) is 40.0 Å². The third-order valence-electron chi connectivity index (χ3n) is 7.78. The molecular formula is C29H52O15. The van der Waals surface area contributed by atoms with E-state index < -0.39 is 93.1 Å². The molecule has 3 rings (SSSR count). The van der Waals surface area contributed by atoms with E-state index >= 15 is 0 Å². The van der Waals surface area contributed by atoms with Crippen LogP contribution in [0.15, 0.2) is 12.0 Å². The van der Waals surface area contributed by atoms with Crippen molar-refractivity contribution in [2.45, 2.75) is 139 Å². The third kappa shape index (κ3) is 9.44. The second-order valence-electron chi connectivity index (χ2n) is 11.2. The van der Waals surface area contributed by atoms with E-state index in [4.69, 9.17) is 37.9 Å². The van der Waals surface area contributed by atoms with Crippen molar-refractivity contribution in [1.29, 1.82) is 0 Å². The molecule has 3 heterocycles. The van der Waals surface area contributed by atoms with E-state index in [1.165, 1.54) is 6.26 Å². The Bertz CT molecular complexity index is 831. The first-order valence-corrected chi connectivity index (χ1v) is 15.7. The number of unbranched alkanes of at least 4 members (excludes halogenated alkanes) is 3. The Hall–Kier alpha value is -1.18. The number of hydrogen-bond donors (Lipinski definition) is 7. The van der Waals surface area contributed by atoms with Crippen LogP contribution in [0.4, 0.5) is 0 Å². The summed E-state index contributed by atoms with van der Waals surface area (Å²) in [7, 11) is 0. The van der Waals surface area contributed by atoms with E-state index in [-0.39, 0.29) is 0 Å². The molecule has 13 atom stereocenters. The highest BCUT2D eigenvalue weighted by atomic mass is 16.8. The summed E-state index contributed by atoms with van der Waals surface area (Å²) in [5, 5.41) is 72.2.